The van der Waals surface area contributed by atoms with Crippen LogP contribution in [0.2, 0.25) is 0 Å². The highest BCUT2D eigenvalue weighted by molar-refractivity contribution is 7.95. The van der Waals surface area contributed by atoms with Gasteiger partial charge in [-0.3, -0.25) is 4.98 Å². The first kappa shape index (κ1) is 16.6. The third kappa shape index (κ3) is 3.65. The quantitative estimate of drug-likeness (QED) is 0.675. The Morgan fingerprint density at radius 2 is 1.84 bits per heavy atom. The van der Waals surface area contributed by atoms with E-state index in [1.807, 2.05) is 30.3 Å². The molecule has 3 rings (SSSR count). The number of nitrogens with zero attached hydrogens (tertiary/aromatic N) is 4. The number of para-hydroxylation sites is 1. The summed E-state index contributed by atoms with van der Waals surface area (Å²) < 4.78 is 25.2. The van der Waals surface area contributed by atoms with Crippen LogP contribution < -0.4 is 0 Å². The number of aromatic nitrogens is 3. The second-order valence-electron chi connectivity index (χ2n) is 5.34. The van der Waals surface area contributed by atoms with Crippen LogP contribution in [-0.2, 0) is 9.84 Å². The van der Waals surface area contributed by atoms with Gasteiger partial charge in [0.05, 0.1) is 5.69 Å². The van der Waals surface area contributed by atoms with Gasteiger partial charge in [-0.1, -0.05) is 18.2 Å². The van der Waals surface area contributed by atoms with E-state index in [2.05, 4.69) is 10.1 Å². The summed E-state index contributed by atoms with van der Waals surface area (Å²) in [5, 5.41) is 13.7. The molecule has 0 aliphatic heterocycles. The van der Waals surface area contributed by atoms with E-state index in [0.29, 0.717) is 11.3 Å². The van der Waals surface area contributed by atoms with Crippen LogP contribution in [0.25, 0.3) is 23.0 Å². The summed E-state index contributed by atoms with van der Waals surface area (Å²) in [7, 11) is -3.62. The highest BCUT2D eigenvalue weighted by Crippen LogP contribution is 2.26. The van der Waals surface area contributed by atoms with Crippen LogP contribution in [0, 0.1) is 11.3 Å². The minimum Gasteiger partial charge on any atom is -0.265 e. The second-order valence-corrected chi connectivity index (χ2v) is 7.33. The van der Waals surface area contributed by atoms with Crippen molar-refractivity contribution < 1.29 is 8.42 Å². The van der Waals surface area contributed by atoms with E-state index in [4.69, 9.17) is 0 Å². The lowest BCUT2D eigenvalue weighted by molar-refractivity contribution is 0.609. The summed E-state index contributed by atoms with van der Waals surface area (Å²) in [5.74, 6) is 0. The molecule has 0 fully saturated rings. The Kier molecular flexibility index (Phi) is 4.46. The first-order valence-electron chi connectivity index (χ1n) is 7.36. The largest absolute Gasteiger partial charge is 0.265 e. The number of rotatable bonds is 4. The molecule has 0 unspecified atom stereocenters. The van der Waals surface area contributed by atoms with Crippen LogP contribution >= 0.6 is 0 Å². The predicted molar refractivity (Wildman–Crippen MR) is 95.2 cm³/mol. The standard InChI is InChI=1S/C18H14N4O2S/c1-25(23,24)17(12-19)11-15-13-22(16-5-3-2-4-6-16)21-18(15)14-7-9-20-10-8-14/h2-11,13H,1H3/b17-11-. The number of sulfone groups is 1. The Morgan fingerprint density at radius 3 is 2.44 bits per heavy atom. The molecule has 0 atom stereocenters. The molecule has 0 aliphatic rings. The zero-order valence-corrected chi connectivity index (χ0v) is 14.2. The lowest BCUT2D eigenvalue weighted by Crippen LogP contribution is -1.98. The van der Waals surface area contributed by atoms with Gasteiger partial charge in [0, 0.05) is 36.0 Å². The van der Waals surface area contributed by atoms with Crippen LogP contribution in [0.1, 0.15) is 5.56 Å². The van der Waals surface area contributed by atoms with Gasteiger partial charge in [0.2, 0.25) is 0 Å². The topological polar surface area (TPSA) is 88.6 Å². The molecule has 0 bridgehead atoms. The van der Waals surface area contributed by atoms with E-state index in [9.17, 15) is 13.7 Å². The van der Waals surface area contributed by atoms with Crippen molar-refractivity contribution in [3.8, 4) is 23.0 Å². The van der Waals surface area contributed by atoms with Gasteiger partial charge in [-0.25, -0.2) is 13.1 Å². The maximum Gasteiger partial charge on any atom is 0.185 e. The molecule has 124 valence electrons. The monoisotopic (exact) mass is 350 g/mol. The van der Waals surface area contributed by atoms with Crippen LogP contribution in [-0.4, -0.2) is 29.4 Å². The molecular formula is C18H14N4O2S. The van der Waals surface area contributed by atoms with Gasteiger partial charge in [0.15, 0.2) is 9.84 Å². The average Bonchev–Trinajstić information content (AvgIpc) is 3.04. The number of pyridine rings is 1. The minimum absolute atomic E-state index is 0.310. The number of hydrogen-bond donors (Lipinski definition) is 0. The van der Waals surface area contributed by atoms with E-state index in [1.54, 1.807) is 41.5 Å². The molecule has 1 aromatic carbocycles. The summed E-state index contributed by atoms with van der Waals surface area (Å²) in [4.78, 5) is 3.67. The highest BCUT2D eigenvalue weighted by Gasteiger charge is 2.16. The van der Waals surface area contributed by atoms with Crippen molar-refractivity contribution in [1.82, 2.24) is 14.8 Å². The molecule has 2 aromatic heterocycles. The van der Waals surface area contributed by atoms with Crippen molar-refractivity contribution in [1.29, 1.82) is 5.26 Å². The maximum atomic E-state index is 11.8. The summed E-state index contributed by atoms with van der Waals surface area (Å²) in [5.41, 5.74) is 2.72. The Bertz CT molecular complexity index is 1060. The lowest BCUT2D eigenvalue weighted by Gasteiger charge is -2.00. The molecule has 3 aromatic rings. The van der Waals surface area contributed by atoms with E-state index in [-0.39, 0.29) is 4.91 Å². The molecule has 0 saturated heterocycles. The van der Waals surface area contributed by atoms with Crippen molar-refractivity contribution in [2.75, 3.05) is 6.26 Å². The van der Waals surface area contributed by atoms with Gasteiger partial charge in [0.1, 0.15) is 16.7 Å². The van der Waals surface area contributed by atoms with Crippen molar-refractivity contribution >= 4 is 15.9 Å². The van der Waals surface area contributed by atoms with E-state index in [1.165, 1.54) is 6.08 Å². The molecule has 0 N–H and O–H groups in total. The fourth-order valence-corrected chi connectivity index (χ4v) is 2.81. The van der Waals surface area contributed by atoms with Crippen molar-refractivity contribution in [3.63, 3.8) is 0 Å². The number of allylic oxidation sites excluding steroid dienone is 1. The van der Waals surface area contributed by atoms with E-state index >= 15 is 0 Å². The lowest BCUT2D eigenvalue weighted by atomic mass is 10.1. The molecule has 6 nitrogen and oxygen atoms in total. The Hall–Kier alpha value is -3.24. The van der Waals surface area contributed by atoms with Crippen LogP contribution in [0.3, 0.4) is 0 Å². The van der Waals surface area contributed by atoms with Crippen LogP contribution in [0.5, 0.6) is 0 Å². The number of benzene rings is 1. The Labute approximate surface area is 145 Å². The van der Waals surface area contributed by atoms with Gasteiger partial charge in [-0.05, 0) is 30.3 Å². The third-order valence-electron chi connectivity index (χ3n) is 3.51. The summed E-state index contributed by atoms with van der Waals surface area (Å²) in [6, 6.07) is 14.7. The molecule has 0 amide bonds. The Balaban J connectivity index is 2.22. The second kappa shape index (κ2) is 6.71. The average molecular weight is 350 g/mol. The molecule has 25 heavy (non-hydrogen) atoms. The zero-order valence-electron chi connectivity index (χ0n) is 13.4. The van der Waals surface area contributed by atoms with Crippen molar-refractivity contribution in [3.05, 3.63) is 71.5 Å². The van der Waals surface area contributed by atoms with Gasteiger partial charge in [-0.15, -0.1) is 0 Å². The molecule has 0 spiro atoms. The van der Waals surface area contributed by atoms with Crippen molar-refractivity contribution in [2.24, 2.45) is 0 Å². The zero-order chi connectivity index (χ0) is 17.9. The van der Waals surface area contributed by atoms with Gasteiger partial charge in [-0.2, -0.15) is 10.4 Å². The van der Waals surface area contributed by atoms with E-state index in [0.717, 1.165) is 17.5 Å². The molecule has 7 heteroatoms. The third-order valence-corrected chi connectivity index (χ3v) is 4.52. The van der Waals surface area contributed by atoms with Gasteiger partial charge in [0.25, 0.3) is 0 Å². The molecule has 0 aliphatic carbocycles. The highest BCUT2D eigenvalue weighted by atomic mass is 32.2. The summed E-state index contributed by atoms with van der Waals surface area (Å²) in [6.07, 6.45) is 7.32. The predicted octanol–water partition coefficient (Wildman–Crippen LogP) is 2.84. The van der Waals surface area contributed by atoms with Crippen molar-refractivity contribution in [2.45, 2.75) is 0 Å². The van der Waals surface area contributed by atoms with Gasteiger partial charge >= 0.3 is 0 Å². The maximum absolute atomic E-state index is 11.8. The summed E-state index contributed by atoms with van der Waals surface area (Å²) >= 11 is 0. The molecular weight excluding hydrogens is 336 g/mol. The van der Waals surface area contributed by atoms with Crippen LogP contribution in [0.15, 0.2) is 66.0 Å². The SMILES string of the molecule is CS(=O)(=O)/C(C#N)=C\c1cn(-c2ccccc2)nc1-c1ccncc1. The first-order valence-corrected chi connectivity index (χ1v) is 9.25. The van der Waals surface area contributed by atoms with Gasteiger partial charge < -0.3 is 0 Å². The first-order chi connectivity index (χ1) is 12.0. The fourth-order valence-electron chi connectivity index (χ4n) is 2.30. The molecule has 0 radical (unpaired) electrons. The Morgan fingerprint density at radius 1 is 1.16 bits per heavy atom. The smallest absolute Gasteiger partial charge is 0.185 e. The normalized spacial score (nSPS) is 11.9. The summed E-state index contributed by atoms with van der Waals surface area (Å²) in [6.45, 7) is 0. The molecule has 2 heterocycles. The minimum atomic E-state index is -3.62. The molecule has 0 saturated carbocycles. The van der Waals surface area contributed by atoms with E-state index < -0.39 is 9.84 Å². The fraction of sp³-hybridized carbons (Fsp3) is 0.0556. The number of nitriles is 1. The van der Waals surface area contributed by atoms with Crippen LogP contribution in [0.4, 0.5) is 0 Å². The number of hydrogen-bond acceptors (Lipinski definition) is 5.